The highest BCUT2D eigenvalue weighted by atomic mass is 16.3. The second kappa shape index (κ2) is 3.85. The Morgan fingerprint density at radius 1 is 1.31 bits per heavy atom. The first-order valence-electron chi connectivity index (χ1n) is 4.30. The van der Waals surface area contributed by atoms with E-state index in [1.54, 1.807) is 24.7 Å². The van der Waals surface area contributed by atoms with Crippen LogP contribution in [0.1, 0.15) is 38.6 Å². The Morgan fingerprint density at radius 3 is 2.31 bits per heavy atom. The molecule has 0 aliphatic rings. The van der Waals surface area contributed by atoms with Crippen LogP contribution in [-0.2, 0) is 0 Å². The summed E-state index contributed by atoms with van der Waals surface area (Å²) in [6, 6.07) is -0.125. The van der Waals surface area contributed by atoms with Gasteiger partial charge in [0.25, 0.3) is 0 Å². The molecule has 0 aromatic carbocycles. The Hall–Kier alpha value is -0.940. The van der Waals surface area contributed by atoms with Gasteiger partial charge in [0.2, 0.25) is 0 Å². The zero-order chi connectivity index (χ0) is 10.0. The number of aliphatic hydroxyl groups excluding tert-OH is 2. The lowest BCUT2D eigenvalue weighted by molar-refractivity contribution is 0.131. The van der Waals surface area contributed by atoms with Gasteiger partial charge in [-0.2, -0.15) is 0 Å². The van der Waals surface area contributed by atoms with E-state index in [2.05, 4.69) is 10.3 Å². The third kappa shape index (κ3) is 2.26. The predicted octanol–water partition coefficient (Wildman–Crippen LogP) is 0.273. The summed E-state index contributed by atoms with van der Waals surface area (Å²) in [4.78, 5) is 0. The predicted molar refractivity (Wildman–Crippen MR) is 47.0 cm³/mol. The van der Waals surface area contributed by atoms with Crippen LogP contribution in [0.2, 0.25) is 0 Å². The topological polar surface area (TPSA) is 71.2 Å². The van der Waals surface area contributed by atoms with Crippen LogP contribution >= 0.6 is 0 Å². The van der Waals surface area contributed by atoms with Gasteiger partial charge in [0, 0.05) is 0 Å². The van der Waals surface area contributed by atoms with Crippen LogP contribution in [0, 0.1) is 0 Å². The second-order valence-corrected chi connectivity index (χ2v) is 3.28. The molecule has 0 fully saturated rings. The minimum Gasteiger partial charge on any atom is -0.391 e. The molecule has 0 saturated heterocycles. The lowest BCUT2D eigenvalue weighted by Gasteiger charge is -2.13. The van der Waals surface area contributed by atoms with E-state index in [9.17, 15) is 10.2 Å². The fourth-order valence-electron chi connectivity index (χ4n) is 0.902. The summed E-state index contributed by atoms with van der Waals surface area (Å²) < 4.78 is 1.55. The number of aromatic nitrogens is 3. The van der Waals surface area contributed by atoms with E-state index in [1.807, 2.05) is 6.92 Å². The molecule has 5 heteroatoms. The van der Waals surface area contributed by atoms with E-state index in [-0.39, 0.29) is 6.04 Å². The first-order valence-corrected chi connectivity index (χ1v) is 4.30. The van der Waals surface area contributed by atoms with Crippen LogP contribution < -0.4 is 0 Å². The summed E-state index contributed by atoms with van der Waals surface area (Å²) in [5.41, 5.74) is 0.521. The molecule has 0 aliphatic heterocycles. The molecule has 1 rings (SSSR count). The van der Waals surface area contributed by atoms with Crippen LogP contribution in [0.4, 0.5) is 0 Å². The maximum absolute atomic E-state index is 9.27. The molecule has 0 spiro atoms. The Bertz CT molecular complexity index is 270. The molecule has 0 aliphatic carbocycles. The SMILES string of the molecule is CC(O)c1cn(C(C)C(C)O)nn1. The fourth-order valence-corrected chi connectivity index (χ4v) is 0.902. The van der Waals surface area contributed by atoms with E-state index in [4.69, 9.17) is 0 Å². The lowest BCUT2D eigenvalue weighted by atomic mass is 10.2. The van der Waals surface area contributed by atoms with E-state index in [0.717, 1.165) is 0 Å². The molecule has 13 heavy (non-hydrogen) atoms. The Morgan fingerprint density at radius 2 is 1.92 bits per heavy atom. The van der Waals surface area contributed by atoms with Crippen molar-refractivity contribution in [3.63, 3.8) is 0 Å². The molecule has 1 aromatic rings. The van der Waals surface area contributed by atoms with Crippen LogP contribution in [0.5, 0.6) is 0 Å². The van der Waals surface area contributed by atoms with Crippen molar-refractivity contribution in [1.29, 1.82) is 0 Å². The van der Waals surface area contributed by atoms with Gasteiger partial charge in [0.1, 0.15) is 5.69 Å². The number of nitrogens with zero attached hydrogens (tertiary/aromatic N) is 3. The highest BCUT2D eigenvalue weighted by Gasteiger charge is 2.14. The van der Waals surface area contributed by atoms with E-state index in [1.165, 1.54) is 0 Å². The van der Waals surface area contributed by atoms with Gasteiger partial charge < -0.3 is 10.2 Å². The first kappa shape index (κ1) is 10.1. The quantitative estimate of drug-likeness (QED) is 0.709. The van der Waals surface area contributed by atoms with Crippen LogP contribution in [-0.4, -0.2) is 31.3 Å². The summed E-state index contributed by atoms with van der Waals surface area (Å²) >= 11 is 0. The molecule has 3 unspecified atom stereocenters. The highest BCUT2D eigenvalue weighted by Crippen LogP contribution is 2.12. The Kier molecular flexibility index (Phi) is 3.00. The molecule has 0 bridgehead atoms. The summed E-state index contributed by atoms with van der Waals surface area (Å²) in [6.07, 6.45) is 0.542. The minimum atomic E-state index is -0.616. The van der Waals surface area contributed by atoms with Gasteiger partial charge in [0.15, 0.2) is 0 Å². The maximum atomic E-state index is 9.27. The standard InChI is InChI=1S/C8H15N3O2/c1-5(6(2)12)11-4-8(7(3)13)9-10-11/h4-7,12-13H,1-3H3. The third-order valence-corrected chi connectivity index (χ3v) is 2.07. The molecule has 74 valence electrons. The molecular formula is C8H15N3O2. The highest BCUT2D eigenvalue weighted by molar-refractivity contribution is 4.96. The van der Waals surface area contributed by atoms with Crippen molar-refractivity contribution >= 4 is 0 Å². The van der Waals surface area contributed by atoms with Crippen molar-refractivity contribution in [2.45, 2.75) is 39.0 Å². The number of rotatable bonds is 3. The van der Waals surface area contributed by atoms with E-state index < -0.39 is 12.2 Å². The van der Waals surface area contributed by atoms with Gasteiger partial charge in [-0.3, -0.25) is 0 Å². The number of hydrogen-bond acceptors (Lipinski definition) is 4. The summed E-state index contributed by atoms with van der Waals surface area (Å²) in [5.74, 6) is 0. The van der Waals surface area contributed by atoms with Crippen molar-refractivity contribution < 1.29 is 10.2 Å². The minimum absolute atomic E-state index is 0.125. The van der Waals surface area contributed by atoms with Gasteiger partial charge in [-0.15, -0.1) is 5.10 Å². The fraction of sp³-hybridized carbons (Fsp3) is 0.750. The van der Waals surface area contributed by atoms with E-state index >= 15 is 0 Å². The average Bonchev–Trinajstić information content (AvgIpc) is 2.50. The van der Waals surface area contributed by atoms with Crippen molar-refractivity contribution in [1.82, 2.24) is 15.0 Å². The molecule has 0 saturated carbocycles. The largest absolute Gasteiger partial charge is 0.391 e. The van der Waals surface area contributed by atoms with Crippen LogP contribution in [0.15, 0.2) is 6.20 Å². The Balaban J connectivity index is 2.79. The molecule has 3 atom stereocenters. The summed E-state index contributed by atoms with van der Waals surface area (Å²) in [5, 5.41) is 26.0. The van der Waals surface area contributed by atoms with Gasteiger partial charge in [-0.25, -0.2) is 4.68 Å². The summed E-state index contributed by atoms with van der Waals surface area (Å²) in [6.45, 7) is 5.15. The van der Waals surface area contributed by atoms with Crippen molar-refractivity contribution in [3.8, 4) is 0 Å². The smallest absolute Gasteiger partial charge is 0.111 e. The van der Waals surface area contributed by atoms with Gasteiger partial charge >= 0.3 is 0 Å². The first-order chi connectivity index (χ1) is 6.02. The van der Waals surface area contributed by atoms with Crippen LogP contribution in [0.25, 0.3) is 0 Å². The van der Waals surface area contributed by atoms with Crippen LogP contribution in [0.3, 0.4) is 0 Å². The van der Waals surface area contributed by atoms with Crippen molar-refractivity contribution in [3.05, 3.63) is 11.9 Å². The average molecular weight is 185 g/mol. The monoisotopic (exact) mass is 185 g/mol. The lowest BCUT2D eigenvalue weighted by Crippen LogP contribution is -2.18. The second-order valence-electron chi connectivity index (χ2n) is 3.28. The van der Waals surface area contributed by atoms with Crippen molar-refractivity contribution in [2.24, 2.45) is 0 Å². The van der Waals surface area contributed by atoms with Crippen molar-refractivity contribution in [2.75, 3.05) is 0 Å². The van der Waals surface area contributed by atoms with E-state index in [0.29, 0.717) is 5.69 Å². The zero-order valence-electron chi connectivity index (χ0n) is 8.05. The molecule has 2 N–H and O–H groups in total. The summed E-state index contributed by atoms with van der Waals surface area (Å²) in [7, 11) is 0. The molecule has 0 radical (unpaired) electrons. The maximum Gasteiger partial charge on any atom is 0.111 e. The number of aliphatic hydroxyl groups is 2. The zero-order valence-corrected chi connectivity index (χ0v) is 8.05. The Labute approximate surface area is 77.0 Å². The molecular weight excluding hydrogens is 170 g/mol. The molecule has 1 aromatic heterocycles. The van der Waals surface area contributed by atoms with Gasteiger partial charge in [-0.1, -0.05) is 5.21 Å². The molecule has 1 heterocycles. The third-order valence-electron chi connectivity index (χ3n) is 2.07. The number of hydrogen-bond donors (Lipinski definition) is 2. The van der Waals surface area contributed by atoms with Gasteiger partial charge in [-0.05, 0) is 20.8 Å². The molecule has 5 nitrogen and oxygen atoms in total. The molecule has 0 amide bonds. The normalized spacial score (nSPS) is 18.2. The van der Waals surface area contributed by atoms with Gasteiger partial charge in [0.05, 0.1) is 24.4 Å².